The van der Waals surface area contributed by atoms with Gasteiger partial charge in [0.2, 0.25) is 0 Å². The van der Waals surface area contributed by atoms with Crippen molar-refractivity contribution in [3.05, 3.63) is 23.0 Å². The smallest absolute Gasteiger partial charge is 0.143 e. The fraction of sp³-hybridized carbons (Fsp3) is 0.538. The van der Waals surface area contributed by atoms with E-state index in [9.17, 15) is 4.39 Å². The molecule has 0 saturated heterocycles. The number of rotatable bonds is 7. The van der Waals surface area contributed by atoms with Crippen LogP contribution < -0.4 is 11.1 Å². The Bertz CT molecular complexity index is 385. The molecule has 0 aliphatic carbocycles. The summed E-state index contributed by atoms with van der Waals surface area (Å²) in [6.07, 6.45) is 1.13. The van der Waals surface area contributed by atoms with Crippen LogP contribution in [0, 0.1) is 5.82 Å². The van der Waals surface area contributed by atoms with E-state index in [-0.39, 0.29) is 5.02 Å². The van der Waals surface area contributed by atoms with Crippen molar-refractivity contribution in [3.8, 4) is 0 Å². The molecule has 0 fully saturated rings. The molecule has 1 rings (SSSR count). The van der Waals surface area contributed by atoms with E-state index in [0.29, 0.717) is 11.4 Å². The van der Waals surface area contributed by atoms with Gasteiger partial charge in [0.25, 0.3) is 0 Å². The van der Waals surface area contributed by atoms with Crippen molar-refractivity contribution in [3.63, 3.8) is 0 Å². The van der Waals surface area contributed by atoms with Crippen molar-refractivity contribution >= 4 is 23.0 Å². The molecular weight excluding hydrogens is 253 g/mol. The van der Waals surface area contributed by atoms with E-state index in [1.54, 1.807) is 0 Å². The maximum Gasteiger partial charge on any atom is 0.143 e. The van der Waals surface area contributed by atoms with Crippen LogP contribution in [0.4, 0.5) is 15.8 Å². The van der Waals surface area contributed by atoms with Crippen molar-refractivity contribution in [1.29, 1.82) is 0 Å². The van der Waals surface area contributed by atoms with Gasteiger partial charge in [0, 0.05) is 19.2 Å². The fourth-order valence-electron chi connectivity index (χ4n) is 1.81. The first-order valence-electron chi connectivity index (χ1n) is 6.29. The second-order valence-corrected chi connectivity index (χ2v) is 4.62. The first kappa shape index (κ1) is 15.1. The van der Waals surface area contributed by atoms with Gasteiger partial charge in [-0.25, -0.2) is 4.39 Å². The maximum atomic E-state index is 13.3. The summed E-state index contributed by atoms with van der Waals surface area (Å²) in [6.45, 7) is 8.02. The summed E-state index contributed by atoms with van der Waals surface area (Å²) in [5.41, 5.74) is 6.84. The van der Waals surface area contributed by atoms with Gasteiger partial charge in [-0.3, -0.25) is 0 Å². The van der Waals surface area contributed by atoms with Gasteiger partial charge in [-0.15, -0.1) is 0 Å². The number of halogens is 2. The molecule has 0 aromatic heterocycles. The number of likely N-dealkylation sites (N-methyl/N-ethyl adjacent to an activating group) is 1. The lowest BCUT2D eigenvalue weighted by atomic mass is 10.2. The number of benzene rings is 1. The van der Waals surface area contributed by atoms with Crippen LogP contribution in [0.2, 0.25) is 5.02 Å². The number of nitrogen functional groups attached to an aromatic ring is 1. The first-order chi connectivity index (χ1) is 8.58. The van der Waals surface area contributed by atoms with Gasteiger partial charge < -0.3 is 16.0 Å². The lowest BCUT2D eigenvalue weighted by Crippen LogP contribution is -2.29. The second kappa shape index (κ2) is 7.44. The summed E-state index contributed by atoms with van der Waals surface area (Å²) < 4.78 is 13.3. The first-order valence-corrected chi connectivity index (χ1v) is 6.67. The van der Waals surface area contributed by atoms with Gasteiger partial charge in [-0.05, 0) is 25.6 Å². The zero-order valence-electron chi connectivity index (χ0n) is 11.0. The van der Waals surface area contributed by atoms with Gasteiger partial charge in [0.05, 0.1) is 16.4 Å². The summed E-state index contributed by atoms with van der Waals surface area (Å²) in [4.78, 5) is 2.33. The maximum absolute atomic E-state index is 13.3. The van der Waals surface area contributed by atoms with E-state index in [0.717, 1.165) is 32.6 Å². The minimum Gasteiger partial charge on any atom is -0.397 e. The average Bonchev–Trinajstić information content (AvgIpc) is 2.34. The van der Waals surface area contributed by atoms with Crippen LogP contribution in [0.15, 0.2) is 12.1 Å². The third-order valence-electron chi connectivity index (χ3n) is 2.82. The van der Waals surface area contributed by atoms with Gasteiger partial charge in [0.15, 0.2) is 0 Å². The summed E-state index contributed by atoms with van der Waals surface area (Å²) in [6, 6.07) is 2.77. The number of hydrogen-bond acceptors (Lipinski definition) is 3. The van der Waals surface area contributed by atoms with Crippen molar-refractivity contribution in [2.75, 3.05) is 37.2 Å². The van der Waals surface area contributed by atoms with E-state index in [1.165, 1.54) is 12.1 Å². The highest BCUT2D eigenvalue weighted by molar-refractivity contribution is 6.31. The van der Waals surface area contributed by atoms with Crippen LogP contribution in [0.5, 0.6) is 0 Å². The Morgan fingerprint density at radius 2 is 2.06 bits per heavy atom. The summed E-state index contributed by atoms with van der Waals surface area (Å²) in [5.74, 6) is -0.450. The molecule has 18 heavy (non-hydrogen) atoms. The zero-order valence-corrected chi connectivity index (χ0v) is 11.7. The molecule has 102 valence electrons. The normalized spacial score (nSPS) is 10.9. The molecule has 1 aromatic carbocycles. The van der Waals surface area contributed by atoms with Crippen molar-refractivity contribution in [2.45, 2.75) is 20.3 Å². The van der Waals surface area contributed by atoms with Gasteiger partial charge in [0.1, 0.15) is 5.82 Å². The molecule has 0 radical (unpaired) electrons. The van der Waals surface area contributed by atoms with Gasteiger partial charge >= 0.3 is 0 Å². The number of nitrogens with two attached hydrogens (primary N) is 1. The Kier molecular flexibility index (Phi) is 6.22. The van der Waals surface area contributed by atoms with E-state index < -0.39 is 5.82 Å². The molecule has 0 aliphatic rings. The molecular formula is C13H21ClFN3. The average molecular weight is 274 g/mol. The topological polar surface area (TPSA) is 41.3 Å². The van der Waals surface area contributed by atoms with Gasteiger partial charge in [-0.1, -0.05) is 25.4 Å². The molecule has 0 heterocycles. The Balaban J connectivity index is 2.51. The Hall–Kier alpha value is -1.00. The number of nitrogens with one attached hydrogen (secondary N) is 1. The molecule has 0 bridgehead atoms. The van der Waals surface area contributed by atoms with Crippen LogP contribution >= 0.6 is 11.6 Å². The SMILES string of the molecule is CCCN(CC)CCNc1cc(F)c(Cl)cc1N. The van der Waals surface area contributed by atoms with E-state index in [1.807, 2.05) is 0 Å². The molecule has 0 amide bonds. The molecule has 3 N–H and O–H groups in total. The summed E-state index contributed by atoms with van der Waals surface area (Å²) in [5, 5.41) is 3.19. The quantitative estimate of drug-likeness (QED) is 0.750. The largest absolute Gasteiger partial charge is 0.397 e. The lowest BCUT2D eigenvalue weighted by molar-refractivity contribution is 0.300. The summed E-state index contributed by atoms with van der Waals surface area (Å²) in [7, 11) is 0. The highest BCUT2D eigenvalue weighted by atomic mass is 35.5. The molecule has 3 nitrogen and oxygen atoms in total. The Labute approximate surface area is 113 Å². The van der Waals surface area contributed by atoms with Crippen molar-refractivity contribution in [1.82, 2.24) is 4.90 Å². The predicted molar refractivity (Wildman–Crippen MR) is 76.7 cm³/mol. The van der Waals surface area contributed by atoms with E-state index >= 15 is 0 Å². The third kappa shape index (κ3) is 4.35. The van der Waals surface area contributed by atoms with Crippen LogP contribution in [0.1, 0.15) is 20.3 Å². The highest BCUT2D eigenvalue weighted by Crippen LogP contribution is 2.25. The van der Waals surface area contributed by atoms with Crippen molar-refractivity contribution in [2.24, 2.45) is 0 Å². The molecule has 1 aromatic rings. The van der Waals surface area contributed by atoms with E-state index in [2.05, 4.69) is 24.1 Å². The molecule has 0 atom stereocenters. The number of anilines is 2. The van der Waals surface area contributed by atoms with Crippen LogP contribution in [-0.2, 0) is 0 Å². The fourth-order valence-corrected chi connectivity index (χ4v) is 1.98. The summed E-state index contributed by atoms with van der Waals surface area (Å²) >= 11 is 5.64. The lowest BCUT2D eigenvalue weighted by Gasteiger charge is -2.20. The number of hydrogen-bond donors (Lipinski definition) is 2. The minimum absolute atomic E-state index is 0.0548. The van der Waals surface area contributed by atoms with Crippen LogP contribution in [-0.4, -0.2) is 31.1 Å². The minimum atomic E-state index is -0.450. The van der Waals surface area contributed by atoms with Crippen LogP contribution in [0.3, 0.4) is 0 Å². The Morgan fingerprint density at radius 1 is 1.33 bits per heavy atom. The predicted octanol–water partition coefficient (Wildman–Crippen LogP) is 3.21. The van der Waals surface area contributed by atoms with E-state index in [4.69, 9.17) is 17.3 Å². The zero-order chi connectivity index (χ0) is 13.5. The molecule has 5 heteroatoms. The van der Waals surface area contributed by atoms with Crippen molar-refractivity contribution < 1.29 is 4.39 Å². The Morgan fingerprint density at radius 3 is 2.67 bits per heavy atom. The second-order valence-electron chi connectivity index (χ2n) is 4.21. The third-order valence-corrected chi connectivity index (χ3v) is 3.11. The van der Waals surface area contributed by atoms with Crippen LogP contribution in [0.25, 0.3) is 0 Å². The highest BCUT2D eigenvalue weighted by Gasteiger charge is 2.06. The number of nitrogens with zero attached hydrogens (tertiary/aromatic N) is 1. The standard InChI is InChI=1S/C13H21ClFN3/c1-3-6-18(4-2)7-5-17-13-9-11(15)10(14)8-12(13)16/h8-9,17H,3-7,16H2,1-2H3. The van der Waals surface area contributed by atoms with Gasteiger partial charge in [-0.2, -0.15) is 0 Å². The molecule has 0 saturated carbocycles. The molecule has 0 spiro atoms. The molecule has 0 unspecified atom stereocenters. The molecule has 0 aliphatic heterocycles. The monoisotopic (exact) mass is 273 g/mol.